The van der Waals surface area contributed by atoms with Crippen molar-refractivity contribution in [1.29, 1.82) is 0 Å². The molecule has 0 amide bonds. The molecule has 0 aliphatic carbocycles. The Morgan fingerprint density at radius 3 is 2.59 bits per heavy atom. The number of hydrogen-bond donors (Lipinski definition) is 1. The molecule has 2 heterocycles. The number of carbonyl (C=O) groups is 1. The third-order valence-corrected chi connectivity index (χ3v) is 6.62. The first-order valence-electron chi connectivity index (χ1n) is 9.24. The molecule has 0 bridgehead atoms. The highest BCUT2D eigenvalue weighted by Crippen LogP contribution is 2.29. The number of para-hydroxylation sites is 1. The maximum absolute atomic E-state index is 11.6. The van der Waals surface area contributed by atoms with Crippen LogP contribution in [0.2, 0.25) is 0 Å². The van der Waals surface area contributed by atoms with E-state index >= 15 is 0 Å². The van der Waals surface area contributed by atoms with Crippen LogP contribution in [0, 0.1) is 0 Å². The number of aliphatic carboxylic acids is 1. The van der Waals surface area contributed by atoms with Gasteiger partial charge in [-0.1, -0.05) is 36.0 Å². The van der Waals surface area contributed by atoms with E-state index in [1.54, 1.807) is 40.1 Å². The summed E-state index contributed by atoms with van der Waals surface area (Å²) in [6, 6.07) is 18.8. The molecule has 0 radical (unpaired) electrons. The number of hydrogen-bond acceptors (Lipinski definition) is 5. The van der Waals surface area contributed by atoms with Crippen molar-refractivity contribution in [2.75, 3.05) is 12.4 Å². The number of nitrogens with zero attached hydrogens (tertiary/aromatic N) is 2. The van der Waals surface area contributed by atoms with E-state index in [9.17, 15) is 9.90 Å². The number of thioether (sulfide) groups is 1. The van der Waals surface area contributed by atoms with Crippen LogP contribution in [-0.4, -0.2) is 33.0 Å². The molecule has 148 valence electrons. The van der Waals surface area contributed by atoms with E-state index in [-0.39, 0.29) is 0 Å². The minimum atomic E-state index is -0.839. The first kappa shape index (κ1) is 19.5. The van der Waals surface area contributed by atoms with Gasteiger partial charge in [0, 0.05) is 24.6 Å². The molecule has 1 atom stereocenters. The van der Waals surface area contributed by atoms with Crippen molar-refractivity contribution >= 4 is 39.3 Å². The summed E-state index contributed by atoms with van der Waals surface area (Å²) in [5.41, 5.74) is 2.00. The van der Waals surface area contributed by atoms with Crippen LogP contribution < -0.4 is 4.74 Å². The van der Waals surface area contributed by atoms with Crippen LogP contribution in [0.5, 0.6) is 5.75 Å². The van der Waals surface area contributed by atoms with Crippen molar-refractivity contribution in [2.45, 2.75) is 16.8 Å². The smallest absolute Gasteiger partial charge is 0.327 e. The monoisotopic (exact) mass is 424 g/mol. The molecule has 0 saturated heterocycles. The number of thiazole rings is 1. The van der Waals surface area contributed by atoms with Gasteiger partial charge in [0.25, 0.3) is 0 Å². The summed E-state index contributed by atoms with van der Waals surface area (Å²) in [6.07, 6.45) is 3.98. The van der Waals surface area contributed by atoms with Gasteiger partial charge < -0.3 is 14.4 Å². The number of fused-ring (bicyclic) bond motifs is 1. The molecule has 4 rings (SSSR count). The second-order valence-electron chi connectivity index (χ2n) is 6.48. The Morgan fingerprint density at radius 2 is 1.86 bits per heavy atom. The van der Waals surface area contributed by atoms with Gasteiger partial charge in [0.15, 0.2) is 4.34 Å². The molecule has 1 unspecified atom stereocenters. The average Bonchev–Trinajstić information content (AvgIpc) is 3.39. The molecule has 29 heavy (non-hydrogen) atoms. The van der Waals surface area contributed by atoms with Crippen LogP contribution in [0.1, 0.15) is 11.6 Å². The Hall–Kier alpha value is -2.77. The van der Waals surface area contributed by atoms with Crippen LogP contribution in [0.25, 0.3) is 10.2 Å². The number of carboxylic acid groups (broad SMARTS) is 1. The van der Waals surface area contributed by atoms with Crippen molar-refractivity contribution in [3.8, 4) is 5.75 Å². The minimum Gasteiger partial charge on any atom is -0.493 e. The highest BCUT2D eigenvalue weighted by Gasteiger charge is 2.19. The molecule has 2 aromatic carbocycles. The maximum atomic E-state index is 11.6. The van der Waals surface area contributed by atoms with Crippen LogP contribution in [0.4, 0.5) is 0 Å². The van der Waals surface area contributed by atoms with Crippen LogP contribution in [0.3, 0.4) is 0 Å². The molecule has 5 nitrogen and oxygen atoms in total. The van der Waals surface area contributed by atoms with Crippen molar-refractivity contribution in [2.24, 2.45) is 0 Å². The first-order valence-corrected chi connectivity index (χ1v) is 11.0. The molecule has 0 saturated carbocycles. The molecule has 0 fully saturated rings. The number of aromatic nitrogens is 2. The van der Waals surface area contributed by atoms with Gasteiger partial charge >= 0.3 is 5.97 Å². The van der Waals surface area contributed by atoms with Gasteiger partial charge in [0.1, 0.15) is 11.8 Å². The Morgan fingerprint density at radius 1 is 1.10 bits per heavy atom. The van der Waals surface area contributed by atoms with Crippen LogP contribution >= 0.6 is 23.1 Å². The average molecular weight is 425 g/mol. The van der Waals surface area contributed by atoms with Gasteiger partial charge in [0.05, 0.1) is 16.8 Å². The van der Waals surface area contributed by atoms with Gasteiger partial charge in [-0.2, -0.15) is 0 Å². The molecular weight excluding hydrogens is 404 g/mol. The Bertz CT molecular complexity index is 1040. The molecular formula is C22H20N2O3S2. The number of rotatable bonds is 9. The summed E-state index contributed by atoms with van der Waals surface area (Å²) in [4.78, 5) is 16.2. The maximum Gasteiger partial charge on any atom is 0.327 e. The fourth-order valence-corrected chi connectivity index (χ4v) is 4.98. The van der Waals surface area contributed by atoms with E-state index < -0.39 is 12.0 Å². The van der Waals surface area contributed by atoms with Gasteiger partial charge in [0.2, 0.25) is 0 Å². The molecule has 0 spiro atoms. The Balaban J connectivity index is 1.27. The largest absolute Gasteiger partial charge is 0.493 e. The van der Waals surface area contributed by atoms with E-state index in [0.29, 0.717) is 13.0 Å². The first-order chi connectivity index (χ1) is 14.2. The van der Waals surface area contributed by atoms with Crippen LogP contribution in [-0.2, 0) is 11.2 Å². The van der Waals surface area contributed by atoms with Crippen LogP contribution in [0.15, 0.2) is 77.4 Å². The lowest BCUT2D eigenvalue weighted by atomic mass is 10.1. The summed E-state index contributed by atoms with van der Waals surface area (Å²) in [5.74, 6) is 0.760. The summed E-state index contributed by atoms with van der Waals surface area (Å²) in [7, 11) is 0. The van der Waals surface area contributed by atoms with Gasteiger partial charge in [-0.3, -0.25) is 0 Å². The van der Waals surface area contributed by atoms with Gasteiger partial charge in [-0.15, -0.1) is 11.3 Å². The van der Waals surface area contributed by atoms with Gasteiger partial charge in [-0.25, -0.2) is 9.78 Å². The predicted molar refractivity (Wildman–Crippen MR) is 117 cm³/mol. The third-order valence-electron chi connectivity index (χ3n) is 4.48. The highest BCUT2D eigenvalue weighted by atomic mass is 32.2. The summed E-state index contributed by atoms with van der Waals surface area (Å²) >= 11 is 3.39. The topological polar surface area (TPSA) is 64.3 Å². The lowest BCUT2D eigenvalue weighted by Gasteiger charge is -2.14. The van der Waals surface area contributed by atoms with E-state index in [0.717, 1.165) is 26.9 Å². The molecule has 0 aliphatic heterocycles. The van der Waals surface area contributed by atoms with Crippen molar-refractivity contribution in [1.82, 2.24) is 9.55 Å². The van der Waals surface area contributed by atoms with E-state index in [1.165, 1.54) is 4.70 Å². The Labute approximate surface area is 177 Å². The second kappa shape index (κ2) is 9.15. The zero-order chi connectivity index (χ0) is 20.1. The zero-order valence-electron chi connectivity index (χ0n) is 15.6. The van der Waals surface area contributed by atoms with Crippen molar-refractivity contribution < 1.29 is 14.6 Å². The highest BCUT2D eigenvalue weighted by molar-refractivity contribution is 8.01. The molecule has 4 aromatic rings. The number of carboxylic acids is 1. The fraction of sp³-hybridized carbons (Fsp3) is 0.182. The molecule has 2 aromatic heterocycles. The van der Waals surface area contributed by atoms with Crippen molar-refractivity contribution in [3.05, 3.63) is 78.6 Å². The minimum absolute atomic E-state index is 0.428. The predicted octanol–water partition coefficient (Wildman–Crippen LogP) is 5.14. The van der Waals surface area contributed by atoms with Crippen molar-refractivity contribution in [3.63, 3.8) is 0 Å². The SMILES string of the molecule is O=C(O)C(Cc1ccc(OCCSc2nc3ccccc3s2)cc1)n1cccc1. The number of ether oxygens (including phenoxy) is 1. The molecule has 0 aliphatic rings. The zero-order valence-corrected chi connectivity index (χ0v) is 17.2. The summed E-state index contributed by atoms with van der Waals surface area (Å²) in [5, 5.41) is 9.49. The lowest BCUT2D eigenvalue weighted by Crippen LogP contribution is -2.20. The molecule has 1 N–H and O–H groups in total. The normalized spacial score (nSPS) is 12.1. The quantitative estimate of drug-likeness (QED) is 0.298. The standard InChI is InChI=1S/C22H20N2O3S2/c25-21(26)19(24-11-3-4-12-24)15-16-7-9-17(10-8-16)27-13-14-28-22-23-18-5-1-2-6-20(18)29-22/h1-12,19H,13-15H2,(H,25,26). The summed E-state index contributed by atoms with van der Waals surface area (Å²) < 4.78 is 9.78. The summed E-state index contributed by atoms with van der Waals surface area (Å²) in [6.45, 7) is 0.584. The van der Waals surface area contributed by atoms with E-state index in [4.69, 9.17) is 4.74 Å². The van der Waals surface area contributed by atoms with Gasteiger partial charge in [-0.05, 0) is 42.0 Å². The second-order valence-corrected chi connectivity index (χ2v) is 8.85. The third kappa shape index (κ3) is 4.99. The fourth-order valence-electron chi connectivity index (χ4n) is 3.02. The van der Waals surface area contributed by atoms with E-state index in [1.807, 2.05) is 54.6 Å². The molecule has 7 heteroatoms. The Kier molecular flexibility index (Phi) is 6.17. The number of benzene rings is 2. The van der Waals surface area contributed by atoms with E-state index in [2.05, 4.69) is 11.1 Å². The lowest BCUT2D eigenvalue weighted by molar-refractivity contribution is -0.140.